The van der Waals surface area contributed by atoms with Gasteiger partial charge in [-0.1, -0.05) is 284 Å². The van der Waals surface area contributed by atoms with Crippen LogP contribution >= 0.6 is 0 Å². The van der Waals surface area contributed by atoms with E-state index in [0.717, 1.165) is 134 Å². The minimum Gasteiger partial charge on any atom is -0.311 e. The lowest BCUT2D eigenvalue weighted by molar-refractivity contribution is 0.590. The van der Waals surface area contributed by atoms with E-state index in [1.165, 1.54) is 11.1 Å². The summed E-state index contributed by atoms with van der Waals surface area (Å²) in [6, 6.07) is 101. The zero-order valence-corrected chi connectivity index (χ0v) is 55.1. The van der Waals surface area contributed by atoms with E-state index in [2.05, 4.69) is 299 Å². The van der Waals surface area contributed by atoms with Gasteiger partial charge in [0.15, 0.2) is 0 Å². The van der Waals surface area contributed by atoms with Crippen LogP contribution in [0.5, 0.6) is 0 Å². The van der Waals surface area contributed by atoms with Gasteiger partial charge in [-0.3, -0.25) is 0 Å². The van der Waals surface area contributed by atoms with E-state index in [-0.39, 0.29) is 34.0 Å². The average molecular weight is 1250 g/mol. The van der Waals surface area contributed by atoms with Crippen LogP contribution in [-0.2, 0) is 10.8 Å². The van der Waals surface area contributed by atoms with E-state index >= 15 is 0 Å². The molecular formula is C93H74BN3. The quantitative estimate of drug-likeness (QED) is 0.126. The van der Waals surface area contributed by atoms with Crippen LogP contribution in [0.25, 0.3) is 105 Å². The second kappa shape index (κ2) is 23.5. The maximum atomic E-state index is 9.58. The number of aromatic nitrogens is 1. The topological polar surface area (TPSA) is 11.4 Å². The average Bonchev–Trinajstić information content (AvgIpc) is 0.819. The fourth-order valence-corrected chi connectivity index (χ4v) is 15.1. The number of hydrogen-bond acceptors (Lipinski definition) is 2. The number of fused-ring (bicyclic) bond motifs is 7. The molecule has 0 saturated heterocycles. The highest BCUT2D eigenvalue weighted by Gasteiger charge is 2.45. The van der Waals surface area contributed by atoms with Crippen LogP contribution in [-0.4, -0.2) is 11.3 Å². The summed E-state index contributed by atoms with van der Waals surface area (Å²) in [7, 11) is 0. The van der Waals surface area contributed by atoms with E-state index in [1.54, 1.807) is 12.1 Å². The Morgan fingerprint density at radius 3 is 1.58 bits per heavy atom. The van der Waals surface area contributed by atoms with E-state index < -0.39 is 31.7 Å². The van der Waals surface area contributed by atoms with Crippen LogP contribution in [0.15, 0.2) is 321 Å². The largest absolute Gasteiger partial charge is 0.311 e. The number of rotatable bonds is 10. The molecule has 1 aromatic heterocycles. The standard InChI is InChI=1S/C93H74BN3/c1-61-29-23-24-42-76(61)70-51-69(63-32-15-9-16-33-63)53-75(54-70)96-84-50-48-67(62-30-13-8-14-31-62)55-82(84)94-81-49-47-68(66-38-27-39-72(52-66)92(2,3)4)56-86(81)97(91-79(64-34-17-10-18-35-64)59-73(93(5,6)7)60-80(91)65-36-19-11-20-37-65)88-58-71(57-87(96)90(88)94)77-44-28-46-85-89(77)78-43-25-26-45-83(78)95(85)74-40-21-12-22-41-74/h8-60H,1-7H3/i1D3,8D,13D,14D,30D,31D. The molecule has 464 valence electrons. The first-order valence-corrected chi connectivity index (χ1v) is 33.5. The van der Waals surface area contributed by atoms with Crippen molar-refractivity contribution in [3.05, 3.63) is 338 Å². The number of hydrogen-bond donors (Lipinski definition) is 0. The molecule has 3 heterocycles. The van der Waals surface area contributed by atoms with E-state index in [9.17, 15) is 2.74 Å². The second-order valence-corrected chi connectivity index (χ2v) is 27.9. The molecule has 0 atom stereocenters. The molecule has 0 N–H and O–H groups in total. The molecule has 0 fully saturated rings. The van der Waals surface area contributed by atoms with Crippen LogP contribution in [0.1, 0.15) is 69.2 Å². The zero-order chi connectivity index (χ0) is 72.5. The SMILES string of the molecule is [2H]c1c([2H])c([2H])c(-c2ccc3c(c2)B2c4ccc(-c5cccc(C(C)(C)C)c5)cc4N(c4c(-c5ccccc5)cc(C(C)(C)C)cc4-c4ccccc4)c4cc(-c5cccc6c5c5ccccc5n6-c5ccccc5)cc(c42)N3c2cc(-c3ccccc3)cc(-c3ccccc3C([2H])([2H])[2H])c2)c([2H])c1[2H]. The van der Waals surface area contributed by atoms with Crippen LogP contribution in [0.3, 0.4) is 0 Å². The van der Waals surface area contributed by atoms with Gasteiger partial charge in [0.2, 0.25) is 0 Å². The molecular weight excluding hydrogens is 1170 g/mol. The van der Waals surface area contributed by atoms with Crippen molar-refractivity contribution in [3.63, 3.8) is 0 Å². The first-order valence-electron chi connectivity index (χ1n) is 37.5. The van der Waals surface area contributed by atoms with Gasteiger partial charge in [0, 0.05) is 60.1 Å². The fraction of sp³-hybridized carbons (Fsp3) is 0.0968. The van der Waals surface area contributed by atoms with Crippen LogP contribution in [0, 0.1) is 6.85 Å². The molecule has 3 nitrogen and oxygen atoms in total. The van der Waals surface area contributed by atoms with Gasteiger partial charge in [-0.05, 0) is 196 Å². The van der Waals surface area contributed by atoms with Crippen molar-refractivity contribution in [1.29, 1.82) is 0 Å². The van der Waals surface area contributed by atoms with Crippen LogP contribution in [0.4, 0.5) is 34.1 Å². The first-order chi connectivity index (χ1) is 50.6. The molecule has 4 heteroatoms. The van der Waals surface area contributed by atoms with Crippen molar-refractivity contribution < 1.29 is 11.0 Å². The van der Waals surface area contributed by atoms with Crippen LogP contribution in [0.2, 0.25) is 0 Å². The third-order valence-corrected chi connectivity index (χ3v) is 19.8. The Balaban J connectivity index is 1.08. The van der Waals surface area contributed by atoms with Gasteiger partial charge in [-0.25, -0.2) is 0 Å². The number of nitrogens with zero attached hydrogens (tertiary/aromatic N) is 3. The third kappa shape index (κ3) is 10.3. The molecule has 0 radical (unpaired) electrons. The van der Waals surface area contributed by atoms with Crippen LogP contribution < -0.4 is 26.2 Å². The lowest BCUT2D eigenvalue weighted by Gasteiger charge is -2.45. The van der Waals surface area contributed by atoms with Crippen molar-refractivity contribution in [1.82, 2.24) is 4.57 Å². The number of benzene rings is 14. The van der Waals surface area contributed by atoms with E-state index in [4.69, 9.17) is 8.22 Å². The second-order valence-electron chi connectivity index (χ2n) is 27.9. The molecule has 97 heavy (non-hydrogen) atoms. The first kappa shape index (κ1) is 51.0. The van der Waals surface area contributed by atoms with Gasteiger partial charge >= 0.3 is 0 Å². The van der Waals surface area contributed by atoms with E-state index in [0.29, 0.717) is 16.7 Å². The fourth-order valence-electron chi connectivity index (χ4n) is 15.1. The normalized spacial score (nSPS) is 13.9. The molecule has 17 rings (SSSR count). The molecule has 0 spiro atoms. The summed E-state index contributed by atoms with van der Waals surface area (Å²) in [5, 5.41) is 2.17. The molecule has 2 aliphatic heterocycles. The Hall–Kier alpha value is -11.5. The van der Waals surface area contributed by atoms with Gasteiger partial charge in [-0.15, -0.1) is 0 Å². The molecule has 15 aromatic rings. The smallest absolute Gasteiger partial charge is 0.252 e. The van der Waals surface area contributed by atoms with Crippen molar-refractivity contribution in [2.45, 2.75) is 59.2 Å². The van der Waals surface area contributed by atoms with Crippen molar-refractivity contribution in [2.24, 2.45) is 0 Å². The van der Waals surface area contributed by atoms with Crippen molar-refractivity contribution in [3.8, 4) is 83.6 Å². The summed E-state index contributed by atoms with van der Waals surface area (Å²) in [6.45, 7) is 10.6. The van der Waals surface area contributed by atoms with Gasteiger partial charge in [-0.2, -0.15) is 0 Å². The minimum atomic E-state index is -2.46. The minimum absolute atomic E-state index is 0.0970. The number of anilines is 6. The molecule has 0 aliphatic carbocycles. The maximum Gasteiger partial charge on any atom is 0.252 e. The molecule has 14 aromatic carbocycles. The predicted molar refractivity (Wildman–Crippen MR) is 415 cm³/mol. The zero-order valence-electron chi connectivity index (χ0n) is 63.1. The number of para-hydroxylation sites is 2. The Labute approximate surface area is 582 Å². The summed E-state index contributed by atoms with van der Waals surface area (Å²) < 4.78 is 75.5. The molecule has 0 bridgehead atoms. The molecule has 2 aliphatic rings. The van der Waals surface area contributed by atoms with Gasteiger partial charge in [0.05, 0.1) is 23.6 Å². The highest BCUT2D eigenvalue weighted by Crippen LogP contribution is 2.54. The lowest BCUT2D eigenvalue weighted by atomic mass is 9.33. The summed E-state index contributed by atoms with van der Waals surface area (Å²) in [6.07, 6.45) is 0. The molecule has 0 saturated carbocycles. The van der Waals surface area contributed by atoms with Crippen molar-refractivity contribution in [2.75, 3.05) is 9.80 Å². The summed E-state index contributed by atoms with van der Waals surface area (Å²) in [4.78, 5) is 4.90. The van der Waals surface area contributed by atoms with Crippen molar-refractivity contribution >= 4 is 79.0 Å². The summed E-state index contributed by atoms with van der Waals surface area (Å²) in [5.74, 6) is 0. The Morgan fingerprint density at radius 2 is 0.876 bits per heavy atom. The van der Waals surface area contributed by atoms with Gasteiger partial charge in [0.1, 0.15) is 0 Å². The molecule has 0 amide bonds. The highest BCUT2D eigenvalue weighted by molar-refractivity contribution is 7.00. The Kier molecular flexibility index (Phi) is 12.3. The summed E-state index contributed by atoms with van der Waals surface area (Å²) >= 11 is 0. The van der Waals surface area contributed by atoms with Gasteiger partial charge in [0.25, 0.3) is 6.71 Å². The van der Waals surface area contributed by atoms with Gasteiger partial charge < -0.3 is 14.4 Å². The Bertz CT molecular complexity index is 5910. The lowest BCUT2D eigenvalue weighted by Crippen LogP contribution is -2.61. The maximum absolute atomic E-state index is 9.58. The van der Waals surface area contributed by atoms with E-state index in [1.807, 2.05) is 36.4 Å². The summed E-state index contributed by atoms with van der Waals surface area (Å²) in [5.41, 5.74) is 25.1. The molecule has 0 unspecified atom stereocenters. The Morgan fingerprint density at radius 1 is 0.330 bits per heavy atom. The predicted octanol–water partition coefficient (Wildman–Crippen LogP) is 23.4. The number of aryl methyl sites for hydroxylation is 1. The monoisotopic (exact) mass is 1250 g/mol. The highest BCUT2D eigenvalue weighted by atomic mass is 15.2. The third-order valence-electron chi connectivity index (χ3n) is 19.8.